The number of fused-ring (bicyclic) bond motifs is 1. The van der Waals surface area contributed by atoms with Crippen LogP contribution in [0.5, 0.6) is 0 Å². The molecule has 0 radical (unpaired) electrons. The predicted octanol–water partition coefficient (Wildman–Crippen LogP) is 8.38. The summed E-state index contributed by atoms with van der Waals surface area (Å²) in [5.41, 5.74) is 6.31. The summed E-state index contributed by atoms with van der Waals surface area (Å²) in [7, 11) is 2.04. The molecule has 0 amide bonds. The molecule has 1 fully saturated rings. The number of benzene rings is 4. The molecular formula is C36H35N3. The highest BCUT2D eigenvalue weighted by Crippen LogP contribution is 2.47. The van der Waals surface area contributed by atoms with E-state index in [0.717, 1.165) is 37.2 Å². The third-order valence-corrected chi connectivity index (χ3v) is 8.24. The lowest BCUT2D eigenvalue weighted by Gasteiger charge is -2.32. The van der Waals surface area contributed by atoms with Gasteiger partial charge in [-0.3, -0.25) is 0 Å². The normalized spacial score (nSPS) is 14.7. The lowest BCUT2D eigenvalue weighted by atomic mass is 9.74. The van der Waals surface area contributed by atoms with Crippen LogP contribution in [0.1, 0.15) is 53.6 Å². The zero-order valence-electron chi connectivity index (χ0n) is 22.6. The lowest BCUT2D eigenvalue weighted by Crippen LogP contribution is -2.28. The maximum Gasteiger partial charge on any atom is 0.229 e. The van der Waals surface area contributed by atoms with Crippen molar-refractivity contribution in [3.63, 3.8) is 0 Å². The Morgan fingerprint density at radius 1 is 0.744 bits per heavy atom. The van der Waals surface area contributed by atoms with E-state index in [9.17, 15) is 0 Å². The van der Waals surface area contributed by atoms with Gasteiger partial charge in [0.2, 0.25) is 5.95 Å². The van der Waals surface area contributed by atoms with E-state index in [0.29, 0.717) is 0 Å². The minimum Gasteiger partial charge on any atom is -0.320 e. The van der Waals surface area contributed by atoms with Crippen molar-refractivity contribution in [3.8, 4) is 0 Å². The Morgan fingerprint density at radius 3 is 2.21 bits per heavy atom. The molecular weight excluding hydrogens is 474 g/mol. The minimum absolute atomic E-state index is 0.0724. The molecule has 0 saturated heterocycles. The first-order chi connectivity index (χ1) is 19.2. The van der Waals surface area contributed by atoms with Gasteiger partial charge in [-0.05, 0) is 64.8 Å². The average Bonchev–Trinajstić information content (AvgIpc) is 3.51. The smallest absolute Gasteiger partial charge is 0.229 e. The van der Waals surface area contributed by atoms with Gasteiger partial charge in [0.15, 0.2) is 0 Å². The first-order valence-corrected chi connectivity index (χ1v) is 14.1. The quantitative estimate of drug-likeness (QED) is 0.210. The van der Waals surface area contributed by atoms with Crippen LogP contribution in [0.25, 0.3) is 16.8 Å². The van der Waals surface area contributed by atoms with Crippen LogP contribution in [-0.4, -0.2) is 17.0 Å². The molecule has 0 bridgehead atoms. The SMILES string of the molecule is CN(C=Cc1ccccc1)c1ncc(CCc2cccc3ccccc23)c(C2(c3ccccc3)CCCC2)n1. The second kappa shape index (κ2) is 11.2. The van der Waals surface area contributed by atoms with Crippen molar-refractivity contribution in [1.82, 2.24) is 9.97 Å². The molecule has 0 atom stereocenters. The summed E-state index contributed by atoms with van der Waals surface area (Å²) in [6, 6.07) is 36.7. The van der Waals surface area contributed by atoms with E-state index in [1.165, 1.54) is 46.0 Å². The van der Waals surface area contributed by atoms with Crippen molar-refractivity contribution in [3.05, 3.63) is 143 Å². The Hall–Kier alpha value is -4.24. The van der Waals surface area contributed by atoms with Gasteiger partial charge in [0.05, 0.1) is 5.69 Å². The van der Waals surface area contributed by atoms with Crippen LogP contribution in [0, 0.1) is 0 Å². The summed E-state index contributed by atoms with van der Waals surface area (Å²) in [5.74, 6) is 0.744. The number of rotatable bonds is 8. The van der Waals surface area contributed by atoms with Gasteiger partial charge in [-0.1, -0.05) is 116 Å². The molecule has 39 heavy (non-hydrogen) atoms. The van der Waals surface area contributed by atoms with E-state index in [1.807, 2.05) is 18.0 Å². The first kappa shape index (κ1) is 25.1. The number of anilines is 1. The van der Waals surface area contributed by atoms with Crippen molar-refractivity contribution >= 4 is 22.8 Å². The van der Waals surface area contributed by atoms with Crippen molar-refractivity contribution in [2.24, 2.45) is 0 Å². The molecule has 4 aromatic carbocycles. The van der Waals surface area contributed by atoms with Gasteiger partial charge >= 0.3 is 0 Å². The molecule has 194 valence electrons. The van der Waals surface area contributed by atoms with Gasteiger partial charge in [-0.15, -0.1) is 0 Å². The predicted molar refractivity (Wildman–Crippen MR) is 163 cm³/mol. The molecule has 0 aliphatic heterocycles. The van der Waals surface area contributed by atoms with E-state index in [2.05, 4.69) is 116 Å². The standard InChI is InChI=1S/C36H35N3/c1-39(26-23-28-13-4-2-5-14-28)35-37-27-31(22-21-30-17-12-16-29-15-8-9-20-33(29)30)34(38-35)36(24-10-11-25-36)32-18-6-3-7-19-32/h2-9,12-20,23,26-27H,10-11,21-22,24-25H2,1H3. The van der Waals surface area contributed by atoms with E-state index in [-0.39, 0.29) is 5.41 Å². The summed E-state index contributed by atoms with van der Waals surface area (Å²) < 4.78 is 0. The third kappa shape index (κ3) is 5.22. The van der Waals surface area contributed by atoms with Gasteiger partial charge in [-0.2, -0.15) is 0 Å². The monoisotopic (exact) mass is 509 g/mol. The van der Waals surface area contributed by atoms with Crippen LogP contribution >= 0.6 is 0 Å². The second-order valence-corrected chi connectivity index (χ2v) is 10.7. The summed E-state index contributed by atoms with van der Waals surface area (Å²) in [6.07, 6.45) is 12.8. The molecule has 1 saturated carbocycles. The molecule has 6 rings (SSSR count). The van der Waals surface area contributed by atoms with Crippen LogP contribution in [-0.2, 0) is 18.3 Å². The fraction of sp³-hybridized carbons (Fsp3) is 0.222. The van der Waals surface area contributed by atoms with Crippen molar-refractivity contribution < 1.29 is 0 Å². The zero-order chi connectivity index (χ0) is 26.5. The van der Waals surface area contributed by atoms with Crippen molar-refractivity contribution in [1.29, 1.82) is 0 Å². The first-order valence-electron chi connectivity index (χ1n) is 14.1. The molecule has 1 aliphatic rings. The molecule has 1 aliphatic carbocycles. The summed E-state index contributed by atoms with van der Waals surface area (Å²) >= 11 is 0. The minimum atomic E-state index is -0.0724. The Morgan fingerprint density at radius 2 is 1.41 bits per heavy atom. The Labute approximate surface area is 231 Å². The molecule has 3 nitrogen and oxygen atoms in total. The van der Waals surface area contributed by atoms with E-state index in [4.69, 9.17) is 9.97 Å². The number of aryl methyl sites for hydroxylation is 2. The lowest BCUT2D eigenvalue weighted by molar-refractivity contribution is 0.510. The van der Waals surface area contributed by atoms with Gasteiger partial charge in [0.1, 0.15) is 0 Å². The van der Waals surface area contributed by atoms with Crippen molar-refractivity contribution in [2.45, 2.75) is 43.9 Å². The number of hydrogen-bond acceptors (Lipinski definition) is 3. The molecule has 3 heteroatoms. The fourth-order valence-corrected chi connectivity index (χ4v) is 6.17. The van der Waals surface area contributed by atoms with Gasteiger partial charge < -0.3 is 4.90 Å². The Balaban J connectivity index is 1.39. The Kier molecular flexibility index (Phi) is 7.23. The van der Waals surface area contributed by atoms with Crippen LogP contribution in [0.4, 0.5) is 5.95 Å². The summed E-state index contributed by atoms with van der Waals surface area (Å²) in [4.78, 5) is 12.3. The third-order valence-electron chi connectivity index (χ3n) is 8.24. The highest BCUT2D eigenvalue weighted by atomic mass is 15.2. The van der Waals surface area contributed by atoms with Crippen LogP contribution in [0.3, 0.4) is 0 Å². The van der Waals surface area contributed by atoms with Gasteiger partial charge in [0.25, 0.3) is 0 Å². The van der Waals surface area contributed by atoms with Gasteiger partial charge in [-0.25, -0.2) is 9.97 Å². The molecule has 0 unspecified atom stereocenters. The molecule has 5 aromatic rings. The average molecular weight is 510 g/mol. The summed E-state index contributed by atoms with van der Waals surface area (Å²) in [5, 5.41) is 2.63. The number of hydrogen-bond donors (Lipinski definition) is 0. The largest absolute Gasteiger partial charge is 0.320 e. The maximum atomic E-state index is 5.35. The molecule has 1 aromatic heterocycles. The van der Waals surface area contributed by atoms with Gasteiger partial charge in [0, 0.05) is 24.9 Å². The fourth-order valence-electron chi connectivity index (χ4n) is 6.17. The topological polar surface area (TPSA) is 29.0 Å². The maximum absolute atomic E-state index is 5.35. The number of aromatic nitrogens is 2. The zero-order valence-corrected chi connectivity index (χ0v) is 22.6. The number of nitrogens with zero attached hydrogens (tertiary/aromatic N) is 3. The van der Waals surface area contributed by atoms with E-state index in [1.54, 1.807) is 0 Å². The molecule has 0 N–H and O–H groups in total. The second-order valence-electron chi connectivity index (χ2n) is 10.7. The highest BCUT2D eigenvalue weighted by molar-refractivity contribution is 5.85. The highest BCUT2D eigenvalue weighted by Gasteiger charge is 2.40. The van der Waals surface area contributed by atoms with E-state index >= 15 is 0 Å². The van der Waals surface area contributed by atoms with Crippen LogP contribution in [0.2, 0.25) is 0 Å². The Bertz CT molecular complexity index is 1560. The van der Waals surface area contributed by atoms with Crippen LogP contribution in [0.15, 0.2) is 116 Å². The van der Waals surface area contributed by atoms with Crippen LogP contribution < -0.4 is 4.90 Å². The summed E-state index contributed by atoms with van der Waals surface area (Å²) in [6.45, 7) is 0. The van der Waals surface area contributed by atoms with E-state index < -0.39 is 0 Å². The van der Waals surface area contributed by atoms with Crippen molar-refractivity contribution in [2.75, 3.05) is 11.9 Å². The molecule has 0 spiro atoms. The molecule has 1 heterocycles.